The first-order valence-corrected chi connectivity index (χ1v) is 8.97. The standard InChI is InChI=1S/C20H23F4NO2/c1-19(25,11-26)14-5-8-16-12(10-14)2-9-17(18(16)21)27-15-6-3-13(4-7-15)20(22,23)24/h2,5,8-10,13,15,26H,3-4,6-7,11,25H2,1H3. The molecule has 2 aromatic rings. The largest absolute Gasteiger partial charge is 0.487 e. The summed E-state index contributed by atoms with van der Waals surface area (Å²) in [6.07, 6.45) is -4.09. The predicted molar refractivity (Wildman–Crippen MR) is 95.0 cm³/mol. The number of hydrogen-bond acceptors (Lipinski definition) is 3. The summed E-state index contributed by atoms with van der Waals surface area (Å²) in [5.74, 6) is -1.79. The molecule has 0 heterocycles. The Hall–Kier alpha value is -1.86. The minimum absolute atomic E-state index is 0.00295. The molecule has 3 N–H and O–H groups in total. The van der Waals surface area contributed by atoms with Gasteiger partial charge < -0.3 is 15.6 Å². The molecule has 27 heavy (non-hydrogen) atoms. The number of nitrogens with two attached hydrogens (primary N) is 1. The van der Waals surface area contributed by atoms with Crippen LogP contribution in [-0.4, -0.2) is 24.0 Å². The van der Waals surface area contributed by atoms with Gasteiger partial charge in [0.2, 0.25) is 0 Å². The third kappa shape index (κ3) is 4.19. The van der Waals surface area contributed by atoms with Crippen LogP contribution in [0.15, 0.2) is 30.3 Å². The third-order valence-corrected chi connectivity index (χ3v) is 5.34. The van der Waals surface area contributed by atoms with E-state index in [0.717, 1.165) is 0 Å². The molecule has 0 aromatic heterocycles. The van der Waals surface area contributed by atoms with Gasteiger partial charge in [-0.15, -0.1) is 0 Å². The number of ether oxygens (including phenoxy) is 1. The number of rotatable bonds is 4. The van der Waals surface area contributed by atoms with Crippen molar-refractivity contribution in [1.82, 2.24) is 0 Å². The molecule has 1 fully saturated rings. The molecule has 0 spiro atoms. The molecule has 1 aliphatic rings. The van der Waals surface area contributed by atoms with Gasteiger partial charge in [0.05, 0.1) is 24.2 Å². The maximum atomic E-state index is 14.8. The van der Waals surface area contributed by atoms with E-state index < -0.39 is 29.6 Å². The fraction of sp³-hybridized carbons (Fsp3) is 0.500. The number of hydrogen-bond donors (Lipinski definition) is 2. The van der Waals surface area contributed by atoms with E-state index >= 15 is 0 Å². The van der Waals surface area contributed by atoms with Crippen LogP contribution < -0.4 is 10.5 Å². The Kier molecular flexibility index (Phi) is 5.36. The van der Waals surface area contributed by atoms with Gasteiger partial charge in [0.15, 0.2) is 11.6 Å². The summed E-state index contributed by atoms with van der Waals surface area (Å²) in [5, 5.41) is 10.3. The second-order valence-corrected chi connectivity index (χ2v) is 7.52. The SMILES string of the molecule is CC(N)(CO)c1ccc2c(F)c(OC3CCC(C(F)(F)F)CC3)ccc2c1. The van der Waals surface area contributed by atoms with Crippen molar-refractivity contribution in [3.8, 4) is 5.75 Å². The second-order valence-electron chi connectivity index (χ2n) is 7.52. The summed E-state index contributed by atoms with van der Waals surface area (Å²) in [6.45, 7) is 1.43. The van der Waals surface area contributed by atoms with E-state index in [1.807, 2.05) is 0 Å². The molecule has 0 bridgehead atoms. The van der Waals surface area contributed by atoms with Crippen molar-refractivity contribution < 1.29 is 27.4 Å². The zero-order chi connectivity index (χ0) is 19.8. The predicted octanol–water partition coefficient (Wildman–Crippen LogP) is 4.65. The molecule has 1 saturated carbocycles. The van der Waals surface area contributed by atoms with Gasteiger partial charge >= 0.3 is 6.18 Å². The first-order valence-electron chi connectivity index (χ1n) is 8.97. The molecular weight excluding hydrogens is 362 g/mol. The summed E-state index contributed by atoms with van der Waals surface area (Å²) >= 11 is 0. The van der Waals surface area contributed by atoms with Gasteiger partial charge in [0, 0.05) is 5.39 Å². The lowest BCUT2D eigenvalue weighted by molar-refractivity contribution is -0.185. The summed E-state index contributed by atoms with van der Waals surface area (Å²) in [7, 11) is 0. The van der Waals surface area contributed by atoms with Crippen molar-refractivity contribution in [2.24, 2.45) is 11.7 Å². The highest BCUT2D eigenvalue weighted by Gasteiger charge is 2.41. The summed E-state index contributed by atoms with van der Waals surface area (Å²) in [5.41, 5.74) is 5.76. The molecule has 1 unspecified atom stereocenters. The lowest BCUT2D eigenvalue weighted by atomic mass is 9.87. The number of aliphatic hydroxyl groups is 1. The minimum atomic E-state index is -4.18. The van der Waals surface area contributed by atoms with Crippen molar-refractivity contribution in [2.45, 2.75) is 50.4 Å². The van der Waals surface area contributed by atoms with Crippen molar-refractivity contribution in [3.05, 3.63) is 41.7 Å². The number of benzene rings is 2. The second kappa shape index (κ2) is 7.28. The fourth-order valence-electron chi connectivity index (χ4n) is 3.50. The normalized spacial score (nSPS) is 23.2. The number of halogens is 4. The average molecular weight is 385 g/mol. The van der Waals surface area contributed by atoms with Crippen LogP contribution in [-0.2, 0) is 5.54 Å². The molecular formula is C20H23F4NO2. The molecule has 3 rings (SSSR count). The van der Waals surface area contributed by atoms with E-state index in [1.54, 1.807) is 31.2 Å². The first-order chi connectivity index (χ1) is 12.6. The Balaban J connectivity index is 1.77. The highest BCUT2D eigenvalue weighted by molar-refractivity contribution is 5.85. The highest BCUT2D eigenvalue weighted by atomic mass is 19.4. The van der Waals surface area contributed by atoms with E-state index in [0.29, 0.717) is 16.3 Å². The van der Waals surface area contributed by atoms with Crippen LogP contribution in [0.2, 0.25) is 0 Å². The van der Waals surface area contributed by atoms with E-state index in [2.05, 4.69) is 0 Å². The van der Waals surface area contributed by atoms with E-state index in [9.17, 15) is 22.7 Å². The summed E-state index contributed by atoms with van der Waals surface area (Å²) in [4.78, 5) is 0. The van der Waals surface area contributed by atoms with Gasteiger partial charge in [-0.25, -0.2) is 4.39 Å². The van der Waals surface area contributed by atoms with Crippen LogP contribution in [0.25, 0.3) is 10.8 Å². The Labute approximate surface area is 155 Å². The first kappa shape index (κ1) is 19.9. The topological polar surface area (TPSA) is 55.5 Å². The van der Waals surface area contributed by atoms with Crippen LogP contribution >= 0.6 is 0 Å². The molecule has 0 aliphatic heterocycles. The average Bonchev–Trinajstić information content (AvgIpc) is 2.63. The molecule has 1 atom stereocenters. The molecule has 148 valence electrons. The maximum Gasteiger partial charge on any atom is 0.391 e. The van der Waals surface area contributed by atoms with Crippen LogP contribution in [0.1, 0.15) is 38.2 Å². The van der Waals surface area contributed by atoms with Crippen LogP contribution in [0.4, 0.5) is 17.6 Å². The lowest BCUT2D eigenvalue weighted by Crippen LogP contribution is -2.36. The van der Waals surface area contributed by atoms with Gasteiger partial charge in [0.25, 0.3) is 0 Å². The van der Waals surface area contributed by atoms with E-state index in [1.165, 1.54) is 6.07 Å². The third-order valence-electron chi connectivity index (χ3n) is 5.34. The summed E-state index contributed by atoms with van der Waals surface area (Å²) in [6, 6.07) is 8.12. The highest BCUT2D eigenvalue weighted by Crippen LogP contribution is 2.39. The monoisotopic (exact) mass is 385 g/mol. The molecule has 1 aliphatic carbocycles. The Bertz CT molecular complexity index is 811. The van der Waals surface area contributed by atoms with Gasteiger partial charge in [-0.3, -0.25) is 0 Å². The quantitative estimate of drug-likeness (QED) is 0.754. The molecule has 2 aromatic carbocycles. The molecule has 3 nitrogen and oxygen atoms in total. The van der Waals surface area contributed by atoms with Crippen LogP contribution in [0.5, 0.6) is 5.75 Å². The zero-order valence-corrected chi connectivity index (χ0v) is 15.0. The van der Waals surface area contributed by atoms with Crippen molar-refractivity contribution in [1.29, 1.82) is 0 Å². The Morgan fingerprint density at radius 1 is 1.11 bits per heavy atom. The molecule has 0 amide bonds. The van der Waals surface area contributed by atoms with Gasteiger partial charge in [-0.2, -0.15) is 13.2 Å². The molecule has 7 heteroatoms. The number of aliphatic hydroxyl groups excluding tert-OH is 1. The number of alkyl halides is 3. The van der Waals surface area contributed by atoms with Gasteiger partial charge in [-0.05, 0) is 55.7 Å². The molecule has 0 saturated heterocycles. The smallest absolute Gasteiger partial charge is 0.391 e. The Morgan fingerprint density at radius 3 is 2.37 bits per heavy atom. The minimum Gasteiger partial charge on any atom is -0.487 e. The van der Waals surface area contributed by atoms with Gasteiger partial charge in [-0.1, -0.05) is 18.2 Å². The van der Waals surface area contributed by atoms with Crippen molar-refractivity contribution in [2.75, 3.05) is 6.61 Å². The van der Waals surface area contributed by atoms with Gasteiger partial charge in [0.1, 0.15) is 0 Å². The number of fused-ring (bicyclic) bond motifs is 1. The lowest BCUT2D eigenvalue weighted by Gasteiger charge is -2.30. The van der Waals surface area contributed by atoms with Crippen molar-refractivity contribution >= 4 is 10.8 Å². The maximum absolute atomic E-state index is 14.8. The van der Waals surface area contributed by atoms with Crippen LogP contribution in [0, 0.1) is 11.7 Å². The van der Waals surface area contributed by atoms with Crippen molar-refractivity contribution in [3.63, 3.8) is 0 Å². The fourth-order valence-corrected chi connectivity index (χ4v) is 3.50. The zero-order valence-electron chi connectivity index (χ0n) is 15.0. The molecule has 0 radical (unpaired) electrons. The van der Waals surface area contributed by atoms with E-state index in [4.69, 9.17) is 10.5 Å². The Morgan fingerprint density at radius 2 is 1.78 bits per heavy atom. The summed E-state index contributed by atoms with van der Waals surface area (Å²) < 4.78 is 58.7. The van der Waals surface area contributed by atoms with E-state index in [-0.39, 0.29) is 38.0 Å². The van der Waals surface area contributed by atoms with Crippen LogP contribution in [0.3, 0.4) is 0 Å².